The van der Waals surface area contributed by atoms with E-state index in [9.17, 15) is 0 Å². The van der Waals surface area contributed by atoms with Gasteiger partial charge in [-0.3, -0.25) is 0 Å². The molecule has 0 N–H and O–H groups in total. The van der Waals surface area contributed by atoms with Gasteiger partial charge in [-0.25, -0.2) is 0 Å². The van der Waals surface area contributed by atoms with Crippen molar-refractivity contribution >= 4 is 33.8 Å². The van der Waals surface area contributed by atoms with Gasteiger partial charge >= 0.3 is 0 Å². The standard InChI is InChI=1S/C14H12S2/c1-3-11(13-9(1)5-7-15-13)12-4-2-10-6-8-16-14(10)12/h5-8H,1-4H2/b12-11+. The van der Waals surface area contributed by atoms with Crippen LogP contribution in [0.4, 0.5) is 0 Å². The fourth-order valence-electron chi connectivity index (χ4n) is 2.92. The van der Waals surface area contributed by atoms with E-state index in [-0.39, 0.29) is 0 Å². The fraction of sp³-hybridized carbons (Fsp3) is 0.286. The summed E-state index contributed by atoms with van der Waals surface area (Å²) in [5, 5.41) is 4.49. The van der Waals surface area contributed by atoms with Crippen molar-refractivity contribution in [3.63, 3.8) is 0 Å². The van der Waals surface area contributed by atoms with Crippen LogP contribution in [0.2, 0.25) is 0 Å². The fourth-order valence-corrected chi connectivity index (χ4v) is 5.03. The second-order valence-corrected chi connectivity index (χ2v) is 6.34. The van der Waals surface area contributed by atoms with Crippen molar-refractivity contribution in [1.82, 2.24) is 0 Å². The highest BCUT2D eigenvalue weighted by Gasteiger charge is 2.26. The Morgan fingerprint density at radius 3 is 1.69 bits per heavy atom. The second-order valence-electron chi connectivity index (χ2n) is 4.51. The van der Waals surface area contributed by atoms with Crippen LogP contribution in [0.15, 0.2) is 22.9 Å². The summed E-state index contributed by atoms with van der Waals surface area (Å²) in [6, 6.07) is 4.61. The third-order valence-electron chi connectivity index (χ3n) is 3.69. The molecular weight excluding hydrogens is 232 g/mol. The van der Waals surface area contributed by atoms with Gasteiger partial charge in [0.15, 0.2) is 0 Å². The van der Waals surface area contributed by atoms with E-state index in [1.807, 2.05) is 22.7 Å². The molecule has 0 fully saturated rings. The van der Waals surface area contributed by atoms with Crippen LogP contribution in [-0.4, -0.2) is 0 Å². The van der Waals surface area contributed by atoms with Gasteiger partial charge < -0.3 is 0 Å². The van der Waals surface area contributed by atoms with Gasteiger partial charge in [0.2, 0.25) is 0 Å². The summed E-state index contributed by atoms with van der Waals surface area (Å²) >= 11 is 3.86. The molecule has 0 unspecified atom stereocenters. The van der Waals surface area contributed by atoms with E-state index < -0.39 is 0 Å². The minimum Gasteiger partial charge on any atom is -0.144 e. The van der Waals surface area contributed by atoms with E-state index in [1.165, 1.54) is 25.7 Å². The monoisotopic (exact) mass is 244 g/mol. The van der Waals surface area contributed by atoms with Crippen LogP contribution in [-0.2, 0) is 12.8 Å². The molecule has 0 saturated carbocycles. The lowest BCUT2D eigenvalue weighted by atomic mass is 10.1. The van der Waals surface area contributed by atoms with Crippen molar-refractivity contribution in [3.8, 4) is 0 Å². The Morgan fingerprint density at radius 1 is 0.688 bits per heavy atom. The smallest absolute Gasteiger partial charge is 0.0337 e. The Balaban J connectivity index is 1.94. The Morgan fingerprint density at radius 2 is 1.19 bits per heavy atom. The Labute approximate surface area is 103 Å². The molecule has 80 valence electrons. The molecule has 0 aromatic carbocycles. The van der Waals surface area contributed by atoms with Crippen LogP contribution in [0.25, 0.3) is 11.1 Å². The quantitative estimate of drug-likeness (QED) is 0.634. The average Bonchev–Trinajstić information content (AvgIpc) is 2.97. The summed E-state index contributed by atoms with van der Waals surface area (Å²) in [6.45, 7) is 0. The van der Waals surface area contributed by atoms with E-state index in [0.717, 1.165) is 0 Å². The highest BCUT2D eigenvalue weighted by molar-refractivity contribution is 7.12. The van der Waals surface area contributed by atoms with Crippen LogP contribution >= 0.6 is 22.7 Å². The minimum atomic E-state index is 1.26. The summed E-state index contributed by atoms with van der Waals surface area (Å²) < 4.78 is 0. The van der Waals surface area contributed by atoms with E-state index in [1.54, 1.807) is 32.0 Å². The molecule has 2 aromatic heterocycles. The Hall–Kier alpha value is -0.860. The largest absolute Gasteiger partial charge is 0.144 e. The maximum atomic E-state index is 2.30. The molecule has 2 heterocycles. The summed E-state index contributed by atoms with van der Waals surface area (Å²) in [6.07, 6.45) is 5.07. The molecule has 0 saturated heterocycles. The first-order valence-corrected chi connectivity index (χ1v) is 7.55. The molecule has 4 rings (SSSR count). The molecule has 0 radical (unpaired) electrons. The van der Waals surface area contributed by atoms with Crippen molar-refractivity contribution < 1.29 is 0 Å². The van der Waals surface area contributed by atoms with Crippen LogP contribution in [0.3, 0.4) is 0 Å². The van der Waals surface area contributed by atoms with Crippen LogP contribution < -0.4 is 0 Å². The molecule has 2 aliphatic rings. The van der Waals surface area contributed by atoms with Crippen molar-refractivity contribution in [1.29, 1.82) is 0 Å². The first-order chi connectivity index (χ1) is 7.93. The number of fused-ring (bicyclic) bond motifs is 2. The van der Waals surface area contributed by atoms with Gasteiger partial charge in [0.05, 0.1) is 0 Å². The number of thiophene rings is 2. The van der Waals surface area contributed by atoms with E-state index in [0.29, 0.717) is 0 Å². The van der Waals surface area contributed by atoms with Gasteiger partial charge in [-0.15, -0.1) is 22.7 Å². The van der Waals surface area contributed by atoms with Gasteiger partial charge in [0, 0.05) is 9.75 Å². The predicted octanol–water partition coefficient (Wildman–Crippen LogP) is 4.61. The summed E-state index contributed by atoms with van der Waals surface area (Å²) in [5.74, 6) is 0. The summed E-state index contributed by atoms with van der Waals surface area (Å²) in [5.41, 5.74) is 6.48. The molecule has 16 heavy (non-hydrogen) atoms. The second kappa shape index (κ2) is 3.31. The van der Waals surface area contributed by atoms with E-state index in [4.69, 9.17) is 0 Å². The summed E-state index contributed by atoms with van der Waals surface area (Å²) in [7, 11) is 0. The number of rotatable bonds is 0. The first kappa shape index (κ1) is 9.20. The molecule has 0 spiro atoms. The molecule has 2 aromatic rings. The summed E-state index contributed by atoms with van der Waals surface area (Å²) in [4.78, 5) is 3.16. The normalized spacial score (nSPS) is 22.5. The third kappa shape index (κ3) is 1.14. The van der Waals surface area contributed by atoms with Crippen molar-refractivity contribution in [2.24, 2.45) is 0 Å². The first-order valence-electron chi connectivity index (χ1n) is 5.79. The molecule has 0 amide bonds. The van der Waals surface area contributed by atoms with Crippen molar-refractivity contribution in [3.05, 3.63) is 43.8 Å². The third-order valence-corrected chi connectivity index (χ3v) is 5.73. The van der Waals surface area contributed by atoms with Gasteiger partial charge in [0.25, 0.3) is 0 Å². The SMILES string of the molecule is c1cc2c(s1)/C(=C1\CCc3ccsc31)CC2. The minimum absolute atomic E-state index is 1.26. The van der Waals surface area contributed by atoms with E-state index >= 15 is 0 Å². The zero-order chi connectivity index (χ0) is 10.5. The number of allylic oxidation sites excluding steroid dienone is 2. The number of aryl methyl sites for hydroxylation is 2. The molecule has 0 nitrogen and oxygen atoms in total. The molecular formula is C14H12S2. The van der Waals surface area contributed by atoms with Gasteiger partial charge in [-0.1, -0.05) is 0 Å². The molecule has 0 atom stereocenters. The molecule has 0 aliphatic heterocycles. The highest BCUT2D eigenvalue weighted by atomic mass is 32.1. The topological polar surface area (TPSA) is 0 Å². The zero-order valence-corrected chi connectivity index (χ0v) is 10.6. The predicted molar refractivity (Wildman–Crippen MR) is 72.1 cm³/mol. The molecule has 0 bridgehead atoms. The van der Waals surface area contributed by atoms with Crippen LogP contribution in [0.5, 0.6) is 0 Å². The lowest BCUT2D eigenvalue weighted by molar-refractivity contribution is 1.06. The lowest BCUT2D eigenvalue weighted by Crippen LogP contribution is -1.80. The van der Waals surface area contributed by atoms with Crippen LogP contribution in [0.1, 0.15) is 33.7 Å². The van der Waals surface area contributed by atoms with Gasteiger partial charge in [-0.05, 0) is 70.8 Å². The highest BCUT2D eigenvalue weighted by Crippen LogP contribution is 2.47. The van der Waals surface area contributed by atoms with Crippen molar-refractivity contribution in [2.75, 3.05) is 0 Å². The molecule has 2 aliphatic carbocycles. The molecule has 2 heteroatoms. The number of hydrogen-bond acceptors (Lipinski definition) is 2. The van der Waals surface area contributed by atoms with Crippen LogP contribution in [0, 0.1) is 0 Å². The van der Waals surface area contributed by atoms with Crippen molar-refractivity contribution in [2.45, 2.75) is 25.7 Å². The van der Waals surface area contributed by atoms with Gasteiger partial charge in [-0.2, -0.15) is 0 Å². The zero-order valence-electron chi connectivity index (χ0n) is 8.95. The average molecular weight is 244 g/mol. The lowest BCUT2D eigenvalue weighted by Gasteiger charge is -2.03. The van der Waals surface area contributed by atoms with Gasteiger partial charge in [0.1, 0.15) is 0 Å². The number of hydrogen-bond donors (Lipinski definition) is 0. The van der Waals surface area contributed by atoms with E-state index in [2.05, 4.69) is 22.9 Å². The Bertz CT molecular complexity index is 531. The maximum Gasteiger partial charge on any atom is 0.0337 e. The Kier molecular flexibility index (Phi) is 1.91. The maximum absolute atomic E-state index is 2.30.